The van der Waals surface area contributed by atoms with Crippen LogP contribution >= 0.6 is 7.37 Å². The van der Waals surface area contributed by atoms with Gasteiger partial charge in [0.2, 0.25) is 0 Å². The molecular weight excluding hydrogens is 183 g/mol. The second-order valence-corrected chi connectivity index (χ2v) is 6.78. The Morgan fingerprint density at radius 3 is 2.38 bits per heavy atom. The van der Waals surface area contributed by atoms with Crippen LogP contribution in [0.15, 0.2) is 0 Å². The summed E-state index contributed by atoms with van der Waals surface area (Å²) in [5.41, 5.74) is -0.199. The summed E-state index contributed by atoms with van der Waals surface area (Å²) >= 11 is 0. The monoisotopic (exact) mass is 202 g/mol. The molecule has 0 aliphatic carbocycles. The molecule has 76 valence electrons. The number of hydrogen-bond donors (Lipinski definition) is 0. The molecule has 2 nitrogen and oxygen atoms in total. The van der Waals surface area contributed by atoms with Gasteiger partial charge in [-0.3, -0.25) is 4.57 Å². The summed E-state index contributed by atoms with van der Waals surface area (Å²) in [6.07, 6.45) is 0.586. The van der Waals surface area contributed by atoms with E-state index in [1.807, 2.05) is 20.8 Å². The van der Waals surface area contributed by atoms with Gasteiger partial charge in [0.15, 0.2) is 7.37 Å². The molecular formula is C10H19O2P. The predicted octanol–water partition coefficient (Wildman–Crippen LogP) is 2.98. The van der Waals surface area contributed by atoms with E-state index in [1.165, 1.54) is 0 Å². The molecule has 0 heterocycles. The first-order chi connectivity index (χ1) is 5.83. The highest BCUT2D eigenvalue weighted by Gasteiger charge is 2.20. The SMILES string of the molecule is CC#CC(C)(C)COP(C)(=O)CC. The number of rotatable bonds is 4. The summed E-state index contributed by atoms with van der Waals surface area (Å²) in [6.45, 7) is 9.75. The molecule has 0 bridgehead atoms. The summed E-state index contributed by atoms with van der Waals surface area (Å²) in [5.74, 6) is 5.86. The summed E-state index contributed by atoms with van der Waals surface area (Å²) in [5, 5.41) is 0. The van der Waals surface area contributed by atoms with Gasteiger partial charge < -0.3 is 4.52 Å². The molecule has 3 heteroatoms. The molecule has 0 amide bonds. The van der Waals surface area contributed by atoms with E-state index >= 15 is 0 Å². The van der Waals surface area contributed by atoms with Crippen molar-refractivity contribution in [3.05, 3.63) is 0 Å². The van der Waals surface area contributed by atoms with Gasteiger partial charge in [0.1, 0.15) is 0 Å². The summed E-state index contributed by atoms with van der Waals surface area (Å²) < 4.78 is 16.9. The molecule has 0 aliphatic rings. The van der Waals surface area contributed by atoms with Gasteiger partial charge in [0.25, 0.3) is 0 Å². The molecule has 0 spiro atoms. The summed E-state index contributed by atoms with van der Waals surface area (Å²) in [7, 11) is -2.36. The Balaban J connectivity index is 4.14. The maximum Gasteiger partial charge on any atom is 0.199 e. The van der Waals surface area contributed by atoms with Crippen molar-refractivity contribution in [3.8, 4) is 11.8 Å². The van der Waals surface area contributed by atoms with E-state index in [4.69, 9.17) is 4.52 Å². The highest BCUT2D eigenvalue weighted by molar-refractivity contribution is 7.58. The highest BCUT2D eigenvalue weighted by atomic mass is 31.2. The second kappa shape index (κ2) is 4.84. The van der Waals surface area contributed by atoms with E-state index in [0.717, 1.165) is 0 Å². The van der Waals surface area contributed by atoms with Crippen molar-refractivity contribution in [1.82, 2.24) is 0 Å². The topological polar surface area (TPSA) is 26.3 Å². The normalized spacial score (nSPS) is 15.8. The Hall–Kier alpha value is -0.250. The lowest BCUT2D eigenvalue weighted by Crippen LogP contribution is -2.16. The average Bonchev–Trinajstić information content (AvgIpc) is 2.02. The lowest BCUT2D eigenvalue weighted by atomic mass is 9.96. The average molecular weight is 202 g/mol. The summed E-state index contributed by atoms with van der Waals surface area (Å²) in [4.78, 5) is 0. The van der Waals surface area contributed by atoms with Crippen LogP contribution in [0.4, 0.5) is 0 Å². The van der Waals surface area contributed by atoms with Crippen molar-refractivity contribution in [2.45, 2.75) is 27.7 Å². The van der Waals surface area contributed by atoms with Gasteiger partial charge in [-0.15, -0.1) is 5.92 Å². The van der Waals surface area contributed by atoms with Gasteiger partial charge in [0, 0.05) is 18.2 Å². The van der Waals surface area contributed by atoms with Crippen molar-refractivity contribution in [2.24, 2.45) is 5.41 Å². The molecule has 0 aliphatic heterocycles. The molecule has 0 aromatic heterocycles. The Bertz CT molecular complexity index is 258. The largest absolute Gasteiger partial charge is 0.327 e. The lowest BCUT2D eigenvalue weighted by Gasteiger charge is -2.20. The molecule has 13 heavy (non-hydrogen) atoms. The quantitative estimate of drug-likeness (QED) is 0.517. The van der Waals surface area contributed by atoms with Crippen LogP contribution in [0.2, 0.25) is 0 Å². The van der Waals surface area contributed by atoms with Crippen molar-refractivity contribution in [1.29, 1.82) is 0 Å². The van der Waals surface area contributed by atoms with Crippen LogP contribution in [0.25, 0.3) is 0 Å². The second-order valence-electron chi connectivity index (χ2n) is 3.86. The standard InChI is InChI=1S/C10H19O2P/c1-6-8-10(3,4)9-12-13(5,11)7-2/h7,9H2,1-5H3. The third kappa shape index (κ3) is 5.91. The van der Waals surface area contributed by atoms with Crippen LogP contribution in [0, 0.1) is 17.3 Å². The first-order valence-electron chi connectivity index (χ1n) is 4.48. The Labute approximate surface area is 81.5 Å². The van der Waals surface area contributed by atoms with E-state index in [0.29, 0.717) is 12.8 Å². The first-order valence-corrected chi connectivity index (χ1v) is 6.74. The van der Waals surface area contributed by atoms with Gasteiger partial charge in [-0.2, -0.15) is 0 Å². The van der Waals surface area contributed by atoms with Gasteiger partial charge >= 0.3 is 0 Å². The molecule has 0 rings (SSSR count). The molecule has 0 saturated heterocycles. The van der Waals surface area contributed by atoms with Crippen LogP contribution in [0.3, 0.4) is 0 Å². The minimum atomic E-state index is -2.36. The smallest absolute Gasteiger partial charge is 0.199 e. The molecule has 1 atom stereocenters. The van der Waals surface area contributed by atoms with E-state index in [2.05, 4.69) is 11.8 Å². The van der Waals surface area contributed by atoms with Crippen molar-refractivity contribution in [2.75, 3.05) is 19.4 Å². The van der Waals surface area contributed by atoms with Crippen LogP contribution < -0.4 is 0 Å². The molecule has 0 fully saturated rings. The van der Waals surface area contributed by atoms with E-state index in [-0.39, 0.29) is 5.41 Å². The molecule has 0 saturated carbocycles. The molecule has 1 unspecified atom stereocenters. The minimum absolute atomic E-state index is 0.199. The van der Waals surface area contributed by atoms with E-state index in [1.54, 1.807) is 13.6 Å². The Morgan fingerprint density at radius 1 is 1.46 bits per heavy atom. The third-order valence-electron chi connectivity index (χ3n) is 1.74. The van der Waals surface area contributed by atoms with E-state index in [9.17, 15) is 4.57 Å². The van der Waals surface area contributed by atoms with Crippen LogP contribution in [0.1, 0.15) is 27.7 Å². The zero-order valence-electron chi connectivity index (χ0n) is 9.18. The van der Waals surface area contributed by atoms with Gasteiger partial charge in [-0.1, -0.05) is 12.8 Å². The predicted molar refractivity (Wildman–Crippen MR) is 57.3 cm³/mol. The molecule has 0 aromatic rings. The molecule has 0 radical (unpaired) electrons. The van der Waals surface area contributed by atoms with Crippen LogP contribution in [-0.2, 0) is 9.09 Å². The third-order valence-corrected chi connectivity index (χ3v) is 3.56. The summed E-state index contributed by atoms with van der Waals surface area (Å²) in [6, 6.07) is 0. The van der Waals surface area contributed by atoms with Crippen molar-refractivity contribution >= 4 is 7.37 Å². The fourth-order valence-corrected chi connectivity index (χ4v) is 1.54. The maximum absolute atomic E-state index is 11.6. The first kappa shape index (κ1) is 12.8. The Morgan fingerprint density at radius 2 is 2.00 bits per heavy atom. The van der Waals surface area contributed by atoms with Crippen LogP contribution in [-0.4, -0.2) is 19.4 Å². The minimum Gasteiger partial charge on any atom is -0.327 e. The number of hydrogen-bond acceptors (Lipinski definition) is 2. The van der Waals surface area contributed by atoms with E-state index < -0.39 is 7.37 Å². The van der Waals surface area contributed by atoms with Gasteiger partial charge in [0.05, 0.1) is 6.61 Å². The fraction of sp³-hybridized carbons (Fsp3) is 0.800. The zero-order chi connectivity index (χ0) is 10.5. The molecule has 0 N–H and O–H groups in total. The van der Waals surface area contributed by atoms with Crippen molar-refractivity contribution < 1.29 is 9.09 Å². The van der Waals surface area contributed by atoms with Crippen molar-refractivity contribution in [3.63, 3.8) is 0 Å². The molecule has 0 aromatic carbocycles. The fourth-order valence-electron chi connectivity index (χ4n) is 0.764. The van der Waals surface area contributed by atoms with Gasteiger partial charge in [-0.05, 0) is 20.8 Å². The maximum atomic E-state index is 11.6. The highest BCUT2D eigenvalue weighted by Crippen LogP contribution is 2.43. The van der Waals surface area contributed by atoms with Gasteiger partial charge in [-0.25, -0.2) is 0 Å². The van der Waals surface area contributed by atoms with Crippen LogP contribution in [0.5, 0.6) is 0 Å². The lowest BCUT2D eigenvalue weighted by molar-refractivity contribution is 0.232. The Kier molecular flexibility index (Phi) is 4.75. The zero-order valence-corrected chi connectivity index (χ0v) is 10.1.